The van der Waals surface area contributed by atoms with Crippen LogP contribution in [0.15, 0.2) is 53.4 Å². The van der Waals surface area contributed by atoms with Crippen LogP contribution >= 0.6 is 0 Å². The first-order chi connectivity index (χ1) is 12.6. The van der Waals surface area contributed by atoms with Crippen molar-refractivity contribution >= 4 is 15.9 Å². The van der Waals surface area contributed by atoms with Crippen molar-refractivity contribution in [3.05, 3.63) is 59.7 Å². The summed E-state index contributed by atoms with van der Waals surface area (Å²) in [6.07, 6.45) is -4.77. The lowest BCUT2D eigenvalue weighted by Crippen LogP contribution is -2.45. The molecule has 2 N–H and O–H groups in total. The standard InChI is InChI=1S/C17H15F3N2O4S/c18-17(19,20)26-13-7-3-4-8-14(13)27(24,25)22-10-9-11-5-1-2-6-12(11)15(22)16(21)23/h1-8,15H,9-10H2,(H2,21,23). The van der Waals surface area contributed by atoms with Gasteiger partial charge < -0.3 is 10.5 Å². The molecule has 1 heterocycles. The monoisotopic (exact) mass is 400 g/mol. The van der Waals surface area contributed by atoms with Crippen LogP contribution in [0.4, 0.5) is 13.2 Å². The summed E-state index contributed by atoms with van der Waals surface area (Å²) in [6, 6.07) is 9.76. The molecule has 6 nitrogen and oxygen atoms in total. The molecular formula is C17H15F3N2O4S. The van der Waals surface area contributed by atoms with E-state index in [0.717, 1.165) is 22.0 Å². The Labute approximate surface area is 153 Å². The van der Waals surface area contributed by atoms with E-state index in [9.17, 15) is 26.4 Å². The van der Waals surface area contributed by atoms with Crippen LogP contribution in [0.25, 0.3) is 0 Å². The quantitative estimate of drug-likeness (QED) is 0.853. The molecule has 0 radical (unpaired) electrons. The van der Waals surface area contributed by atoms with Crippen molar-refractivity contribution in [2.24, 2.45) is 5.73 Å². The molecule has 2 aromatic rings. The molecule has 2 aromatic carbocycles. The third kappa shape index (κ3) is 3.76. The Balaban J connectivity index is 2.09. The highest BCUT2D eigenvalue weighted by molar-refractivity contribution is 7.89. The van der Waals surface area contributed by atoms with E-state index in [1.807, 2.05) is 0 Å². The summed E-state index contributed by atoms with van der Waals surface area (Å²) >= 11 is 0. The van der Waals surface area contributed by atoms with Gasteiger partial charge in [-0.2, -0.15) is 4.31 Å². The second-order valence-electron chi connectivity index (χ2n) is 5.86. The van der Waals surface area contributed by atoms with Crippen molar-refractivity contribution in [2.45, 2.75) is 23.7 Å². The SMILES string of the molecule is NC(=O)C1c2ccccc2CCN1S(=O)(=O)c1ccccc1OC(F)(F)F. The number of primary amides is 1. The van der Waals surface area contributed by atoms with E-state index < -0.39 is 39.0 Å². The molecule has 27 heavy (non-hydrogen) atoms. The third-order valence-electron chi connectivity index (χ3n) is 4.17. The van der Waals surface area contributed by atoms with Crippen molar-refractivity contribution in [3.8, 4) is 5.75 Å². The fourth-order valence-electron chi connectivity index (χ4n) is 3.10. The van der Waals surface area contributed by atoms with Gasteiger partial charge in [-0.25, -0.2) is 8.42 Å². The van der Waals surface area contributed by atoms with Gasteiger partial charge >= 0.3 is 6.36 Å². The van der Waals surface area contributed by atoms with Crippen molar-refractivity contribution in [2.75, 3.05) is 6.54 Å². The molecule has 1 aliphatic heterocycles. The molecule has 0 spiro atoms. The minimum absolute atomic E-state index is 0.104. The van der Waals surface area contributed by atoms with Gasteiger partial charge in [-0.1, -0.05) is 36.4 Å². The van der Waals surface area contributed by atoms with E-state index in [4.69, 9.17) is 5.73 Å². The first-order valence-corrected chi connectivity index (χ1v) is 9.29. The van der Waals surface area contributed by atoms with Crippen molar-refractivity contribution in [1.82, 2.24) is 4.31 Å². The number of nitrogens with zero attached hydrogens (tertiary/aromatic N) is 1. The average molecular weight is 400 g/mol. The summed E-state index contributed by atoms with van der Waals surface area (Å²) in [5.41, 5.74) is 6.60. The number of fused-ring (bicyclic) bond motifs is 1. The summed E-state index contributed by atoms with van der Waals surface area (Å²) in [5, 5.41) is 0. The number of sulfonamides is 1. The molecule has 0 aromatic heterocycles. The molecule has 1 amide bonds. The van der Waals surface area contributed by atoms with Gasteiger partial charge in [-0.3, -0.25) is 4.79 Å². The molecule has 10 heteroatoms. The number of alkyl halides is 3. The minimum atomic E-state index is -5.07. The van der Waals surface area contributed by atoms with E-state index in [1.165, 1.54) is 12.1 Å². The van der Waals surface area contributed by atoms with Crippen LogP contribution in [0, 0.1) is 0 Å². The van der Waals surface area contributed by atoms with Crippen LogP contribution in [-0.4, -0.2) is 31.5 Å². The molecule has 0 saturated carbocycles. The molecule has 1 unspecified atom stereocenters. The van der Waals surface area contributed by atoms with Gasteiger partial charge in [0.05, 0.1) is 0 Å². The highest BCUT2D eigenvalue weighted by Gasteiger charge is 2.42. The minimum Gasteiger partial charge on any atom is -0.404 e. The number of carbonyl (C=O) groups is 1. The first kappa shape index (κ1) is 19.2. The molecule has 144 valence electrons. The zero-order valence-corrected chi connectivity index (χ0v) is 14.6. The van der Waals surface area contributed by atoms with Gasteiger partial charge in [-0.15, -0.1) is 13.2 Å². The zero-order valence-electron chi connectivity index (χ0n) is 13.8. The Morgan fingerprint density at radius 1 is 1.11 bits per heavy atom. The predicted molar refractivity (Wildman–Crippen MR) is 89.1 cm³/mol. The number of halogens is 3. The Hall–Kier alpha value is -2.59. The number of para-hydroxylation sites is 1. The molecule has 1 atom stereocenters. The maximum Gasteiger partial charge on any atom is 0.573 e. The average Bonchev–Trinajstić information content (AvgIpc) is 2.59. The Morgan fingerprint density at radius 3 is 2.41 bits per heavy atom. The number of amides is 1. The van der Waals surface area contributed by atoms with Crippen LogP contribution in [0.2, 0.25) is 0 Å². The van der Waals surface area contributed by atoms with Gasteiger partial charge in [0.2, 0.25) is 15.9 Å². The molecule has 0 aliphatic carbocycles. The third-order valence-corrected chi connectivity index (χ3v) is 6.07. The van der Waals surface area contributed by atoms with Crippen LogP contribution in [0.1, 0.15) is 17.2 Å². The fourth-order valence-corrected chi connectivity index (χ4v) is 4.79. The topological polar surface area (TPSA) is 89.7 Å². The maximum atomic E-state index is 13.1. The van der Waals surface area contributed by atoms with E-state index >= 15 is 0 Å². The molecule has 3 rings (SSSR count). The predicted octanol–water partition coefficient (Wildman–Crippen LogP) is 2.36. The van der Waals surface area contributed by atoms with Crippen LogP contribution in [-0.2, 0) is 21.2 Å². The number of carbonyl (C=O) groups excluding carboxylic acids is 1. The Bertz CT molecular complexity index is 976. The molecule has 0 fully saturated rings. The van der Waals surface area contributed by atoms with Crippen molar-refractivity contribution in [1.29, 1.82) is 0 Å². The first-order valence-electron chi connectivity index (χ1n) is 7.85. The lowest BCUT2D eigenvalue weighted by atomic mass is 9.94. The van der Waals surface area contributed by atoms with Crippen molar-refractivity contribution < 1.29 is 31.1 Å². The summed E-state index contributed by atoms with van der Waals surface area (Å²) in [6.45, 7) is -0.104. The molecule has 0 saturated heterocycles. The smallest absolute Gasteiger partial charge is 0.404 e. The normalized spacial score (nSPS) is 18.0. The number of hydrogen-bond acceptors (Lipinski definition) is 4. The van der Waals surface area contributed by atoms with Gasteiger partial charge in [-0.05, 0) is 29.7 Å². The molecule has 1 aliphatic rings. The number of rotatable bonds is 4. The highest BCUT2D eigenvalue weighted by atomic mass is 32.2. The van der Waals surface area contributed by atoms with Gasteiger partial charge in [0.15, 0.2) is 0 Å². The largest absolute Gasteiger partial charge is 0.573 e. The summed E-state index contributed by atoms with van der Waals surface area (Å²) in [4.78, 5) is 11.3. The zero-order chi connectivity index (χ0) is 19.8. The van der Waals surface area contributed by atoms with Gasteiger partial charge in [0.25, 0.3) is 0 Å². The molecular weight excluding hydrogens is 385 g/mol. The highest BCUT2D eigenvalue weighted by Crippen LogP contribution is 2.37. The number of hydrogen-bond donors (Lipinski definition) is 1. The summed E-state index contributed by atoms with van der Waals surface area (Å²) in [5.74, 6) is -1.79. The summed E-state index contributed by atoms with van der Waals surface area (Å²) in [7, 11) is -4.49. The van der Waals surface area contributed by atoms with E-state index in [2.05, 4.69) is 4.74 Å². The van der Waals surface area contributed by atoms with Crippen molar-refractivity contribution in [3.63, 3.8) is 0 Å². The summed E-state index contributed by atoms with van der Waals surface area (Å²) < 4.78 is 68.8. The Morgan fingerprint density at radius 2 is 1.74 bits per heavy atom. The number of nitrogens with two attached hydrogens (primary N) is 1. The van der Waals surface area contributed by atoms with Crippen LogP contribution in [0.5, 0.6) is 5.75 Å². The Kier molecular flexibility index (Phi) is 4.87. The van der Waals surface area contributed by atoms with Crippen LogP contribution < -0.4 is 10.5 Å². The van der Waals surface area contributed by atoms with Crippen LogP contribution in [0.3, 0.4) is 0 Å². The number of benzene rings is 2. The fraction of sp³-hybridized carbons (Fsp3) is 0.235. The second kappa shape index (κ2) is 6.86. The lowest BCUT2D eigenvalue weighted by molar-refractivity contribution is -0.275. The van der Waals surface area contributed by atoms with E-state index in [0.29, 0.717) is 12.0 Å². The van der Waals surface area contributed by atoms with E-state index in [1.54, 1.807) is 24.3 Å². The van der Waals surface area contributed by atoms with Gasteiger partial charge in [0, 0.05) is 6.54 Å². The van der Waals surface area contributed by atoms with Gasteiger partial charge in [0.1, 0.15) is 16.7 Å². The molecule has 0 bridgehead atoms. The lowest BCUT2D eigenvalue weighted by Gasteiger charge is -2.34. The second-order valence-corrected chi connectivity index (χ2v) is 7.72. The maximum absolute atomic E-state index is 13.1. The van der Waals surface area contributed by atoms with E-state index in [-0.39, 0.29) is 6.54 Å². The number of ether oxygens (including phenoxy) is 1.